The summed E-state index contributed by atoms with van der Waals surface area (Å²) in [6, 6.07) is 9.76. The summed E-state index contributed by atoms with van der Waals surface area (Å²) in [6.07, 6.45) is -0.300. The molecule has 2 rings (SSSR count). The molecule has 4 nitrogen and oxygen atoms in total. The summed E-state index contributed by atoms with van der Waals surface area (Å²) in [5.74, 6) is 0. The predicted molar refractivity (Wildman–Crippen MR) is 56.4 cm³/mol. The minimum absolute atomic E-state index is 0.0424. The summed E-state index contributed by atoms with van der Waals surface area (Å²) in [5.41, 5.74) is 1.07. The summed E-state index contributed by atoms with van der Waals surface area (Å²) in [6.45, 7) is 2.04. The average molecular weight is 206 g/mol. The maximum atomic E-state index is 11.3. The molecule has 0 atom stereocenters. The van der Waals surface area contributed by atoms with Crippen LogP contribution in [0.1, 0.15) is 5.56 Å². The quantitative estimate of drug-likeness (QED) is 0.772. The minimum Gasteiger partial charge on any atom is -0.444 e. The second-order valence-electron chi connectivity index (χ2n) is 3.52. The molecule has 0 unspecified atom stereocenters. The van der Waals surface area contributed by atoms with Gasteiger partial charge in [-0.1, -0.05) is 30.3 Å². The highest BCUT2D eigenvalue weighted by Crippen LogP contribution is 2.00. The van der Waals surface area contributed by atoms with E-state index in [0.29, 0.717) is 6.54 Å². The first-order chi connectivity index (χ1) is 7.34. The van der Waals surface area contributed by atoms with Crippen molar-refractivity contribution >= 4 is 6.09 Å². The zero-order chi connectivity index (χ0) is 10.5. The van der Waals surface area contributed by atoms with Crippen LogP contribution in [0.4, 0.5) is 4.79 Å². The van der Waals surface area contributed by atoms with Crippen LogP contribution in [-0.2, 0) is 11.3 Å². The third kappa shape index (κ3) is 2.95. The van der Waals surface area contributed by atoms with Crippen molar-refractivity contribution in [2.24, 2.45) is 0 Å². The molecule has 0 saturated carbocycles. The lowest BCUT2D eigenvalue weighted by atomic mass is 10.2. The van der Waals surface area contributed by atoms with Crippen LogP contribution in [0.2, 0.25) is 0 Å². The maximum absolute atomic E-state index is 11.3. The zero-order valence-corrected chi connectivity index (χ0v) is 8.40. The van der Waals surface area contributed by atoms with Gasteiger partial charge in [-0.25, -0.2) is 4.79 Å². The highest BCUT2D eigenvalue weighted by atomic mass is 16.6. The molecule has 4 heteroatoms. The Kier molecular flexibility index (Phi) is 3.19. The molecule has 1 heterocycles. The number of carbonyl (C=O) groups is 1. The maximum Gasteiger partial charge on any atom is 0.407 e. The Bertz CT molecular complexity index is 323. The first kappa shape index (κ1) is 9.98. The lowest BCUT2D eigenvalue weighted by Crippen LogP contribution is -2.50. The van der Waals surface area contributed by atoms with E-state index in [4.69, 9.17) is 4.74 Å². The zero-order valence-electron chi connectivity index (χ0n) is 8.40. The SMILES string of the molecule is O=C(NCc1ccccc1)OC1CNC1. The van der Waals surface area contributed by atoms with Crippen LogP contribution in [0.5, 0.6) is 0 Å². The number of ether oxygens (including phenoxy) is 1. The Morgan fingerprint density at radius 3 is 2.73 bits per heavy atom. The van der Waals surface area contributed by atoms with Gasteiger partial charge in [-0.05, 0) is 5.56 Å². The first-order valence-electron chi connectivity index (χ1n) is 5.04. The van der Waals surface area contributed by atoms with E-state index in [0.717, 1.165) is 18.7 Å². The number of hydrogen-bond donors (Lipinski definition) is 2. The predicted octanol–water partition coefficient (Wildman–Crippen LogP) is 0.885. The van der Waals surface area contributed by atoms with Gasteiger partial charge in [-0.3, -0.25) is 0 Å². The van der Waals surface area contributed by atoms with E-state index in [9.17, 15) is 4.79 Å². The molecule has 0 aromatic heterocycles. The molecule has 0 spiro atoms. The molecule has 2 N–H and O–H groups in total. The van der Waals surface area contributed by atoms with Gasteiger partial charge < -0.3 is 15.4 Å². The van der Waals surface area contributed by atoms with Crippen molar-refractivity contribution in [1.82, 2.24) is 10.6 Å². The van der Waals surface area contributed by atoms with Crippen LogP contribution in [-0.4, -0.2) is 25.3 Å². The number of amides is 1. The summed E-state index contributed by atoms with van der Waals surface area (Å²) in [5, 5.41) is 5.74. The van der Waals surface area contributed by atoms with Crippen LogP contribution in [0.25, 0.3) is 0 Å². The van der Waals surface area contributed by atoms with Gasteiger partial charge in [0.05, 0.1) is 0 Å². The Labute approximate surface area is 88.6 Å². The van der Waals surface area contributed by atoms with E-state index in [1.165, 1.54) is 0 Å². The molecule has 1 aliphatic heterocycles. The molecule has 0 radical (unpaired) electrons. The number of alkyl carbamates (subject to hydrolysis) is 1. The largest absolute Gasteiger partial charge is 0.444 e. The molecule has 15 heavy (non-hydrogen) atoms. The number of benzene rings is 1. The summed E-state index contributed by atoms with van der Waals surface area (Å²) >= 11 is 0. The van der Waals surface area contributed by atoms with Crippen molar-refractivity contribution in [1.29, 1.82) is 0 Å². The fourth-order valence-corrected chi connectivity index (χ4v) is 1.31. The molecule has 0 aliphatic carbocycles. The number of hydrogen-bond acceptors (Lipinski definition) is 3. The lowest BCUT2D eigenvalue weighted by Gasteiger charge is -2.26. The van der Waals surface area contributed by atoms with Gasteiger partial charge in [-0.2, -0.15) is 0 Å². The number of rotatable bonds is 3. The van der Waals surface area contributed by atoms with Crippen LogP contribution in [0, 0.1) is 0 Å². The molecule has 1 aliphatic rings. The van der Waals surface area contributed by atoms with Crippen molar-refractivity contribution in [2.45, 2.75) is 12.6 Å². The van der Waals surface area contributed by atoms with Crippen LogP contribution in [0.3, 0.4) is 0 Å². The van der Waals surface area contributed by atoms with Gasteiger partial charge in [0, 0.05) is 19.6 Å². The van der Waals surface area contributed by atoms with Crippen molar-refractivity contribution in [3.63, 3.8) is 0 Å². The van der Waals surface area contributed by atoms with Gasteiger partial charge in [0.1, 0.15) is 6.10 Å². The normalized spacial score (nSPS) is 15.5. The second kappa shape index (κ2) is 4.79. The molecule has 1 aromatic rings. The van der Waals surface area contributed by atoms with Gasteiger partial charge >= 0.3 is 6.09 Å². The topological polar surface area (TPSA) is 50.4 Å². The first-order valence-corrected chi connectivity index (χ1v) is 5.04. The third-order valence-corrected chi connectivity index (χ3v) is 2.30. The Balaban J connectivity index is 1.71. The van der Waals surface area contributed by atoms with E-state index in [-0.39, 0.29) is 12.2 Å². The third-order valence-electron chi connectivity index (χ3n) is 2.30. The van der Waals surface area contributed by atoms with Gasteiger partial charge in [0.15, 0.2) is 0 Å². The lowest BCUT2D eigenvalue weighted by molar-refractivity contribution is 0.0668. The van der Waals surface area contributed by atoms with Crippen LogP contribution in [0.15, 0.2) is 30.3 Å². The smallest absolute Gasteiger partial charge is 0.407 e. The van der Waals surface area contributed by atoms with E-state index >= 15 is 0 Å². The second-order valence-corrected chi connectivity index (χ2v) is 3.52. The van der Waals surface area contributed by atoms with Crippen LogP contribution < -0.4 is 10.6 Å². The van der Waals surface area contributed by atoms with E-state index < -0.39 is 0 Å². The monoisotopic (exact) mass is 206 g/mol. The molecule has 0 bridgehead atoms. The van der Waals surface area contributed by atoms with Crippen molar-refractivity contribution < 1.29 is 9.53 Å². The average Bonchev–Trinajstić information content (AvgIpc) is 2.22. The minimum atomic E-state index is -0.342. The highest BCUT2D eigenvalue weighted by molar-refractivity contribution is 5.67. The Morgan fingerprint density at radius 2 is 2.13 bits per heavy atom. The molecule has 1 saturated heterocycles. The fourth-order valence-electron chi connectivity index (χ4n) is 1.31. The Hall–Kier alpha value is -1.55. The summed E-state index contributed by atoms with van der Waals surface area (Å²) in [7, 11) is 0. The van der Waals surface area contributed by atoms with Gasteiger partial charge in [0.2, 0.25) is 0 Å². The molecular formula is C11H14N2O2. The molecule has 1 aromatic carbocycles. The number of nitrogens with one attached hydrogen (secondary N) is 2. The summed E-state index contributed by atoms with van der Waals surface area (Å²) < 4.78 is 5.10. The van der Waals surface area contributed by atoms with Crippen molar-refractivity contribution in [3.8, 4) is 0 Å². The molecular weight excluding hydrogens is 192 g/mol. The molecule has 1 fully saturated rings. The van der Waals surface area contributed by atoms with Crippen LogP contribution >= 0.6 is 0 Å². The Morgan fingerprint density at radius 1 is 1.40 bits per heavy atom. The van der Waals surface area contributed by atoms with Crippen molar-refractivity contribution in [2.75, 3.05) is 13.1 Å². The number of carbonyl (C=O) groups excluding carboxylic acids is 1. The molecule has 1 amide bonds. The van der Waals surface area contributed by atoms with E-state index in [1.807, 2.05) is 30.3 Å². The highest BCUT2D eigenvalue weighted by Gasteiger charge is 2.20. The van der Waals surface area contributed by atoms with Gasteiger partial charge in [0.25, 0.3) is 0 Å². The summed E-state index contributed by atoms with van der Waals surface area (Å²) in [4.78, 5) is 11.3. The van der Waals surface area contributed by atoms with E-state index in [2.05, 4.69) is 10.6 Å². The molecule has 80 valence electrons. The van der Waals surface area contributed by atoms with E-state index in [1.54, 1.807) is 0 Å². The van der Waals surface area contributed by atoms with Gasteiger partial charge in [-0.15, -0.1) is 0 Å². The standard InChI is InChI=1S/C11H14N2O2/c14-11(15-10-7-12-8-10)13-6-9-4-2-1-3-5-9/h1-5,10,12H,6-8H2,(H,13,14). The fraction of sp³-hybridized carbons (Fsp3) is 0.364. The van der Waals surface area contributed by atoms with Crippen molar-refractivity contribution in [3.05, 3.63) is 35.9 Å².